The third kappa shape index (κ3) is 2.06. The van der Waals surface area contributed by atoms with Crippen molar-refractivity contribution in [3.8, 4) is 0 Å². The van der Waals surface area contributed by atoms with Crippen LogP contribution in [0.3, 0.4) is 0 Å². The lowest BCUT2D eigenvalue weighted by Crippen LogP contribution is -2.64. The summed E-state index contributed by atoms with van der Waals surface area (Å²) in [6.45, 7) is 4.23. The van der Waals surface area contributed by atoms with Crippen LogP contribution in [0.4, 0.5) is 0 Å². The number of ether oxygens (including phenoxy) is 2. The number of carbonyl (C=O) groups is 1. The van der Waals surface area contributed by atoms with E-state index in [0.29, 0.717) is 19.7 Å². The first-order valence-corrected chi connectivity index (χ1v) is 8.23. The molecule has 0 saturated carbocycles. The van der Waals surface area contributed by atoms with Crippen LogP contribution in [0.15, 0.2) is 52.3 Å². The molecular weight excluding hydrogens is 306 g/mol. The van der Waals surface area contributed by atoms with E-state index < -0.39 is 11.3 Å². The quantitative estimate of drug-likeness (QED) is 0.853. The number of benzene rings is 1. The molecule has 6 heteroatoms. The van der Waals surface area contributed by atoms with E-state index in [1.54, 1.807) is 13.2 Å². The van der Waals surface area contributed by atoms with Gasteiger partial charge >= 0.3 is 0 Å². The van der Waals surface area contributed by atoms with Crippen LogP contribution in [0.1, 0.15) is 12.5 Å². The van der Waals surface area contributed by atoms with E-state index in [0.717, 1.165) is 12.2 Å². The van der Waals surface area contributed by atoms with Crippen molar-refractivity contribution in [3.63, 3.8) is 0 Å². The van der Waals surface area contributed by atoms with E-state index >= 15 is 0 Å². The second-order valence-electron chi connectivity index (χ2n) is 6.65. The first-order valence-electron chi connectivity index (χ1n) is 8.23. The van der Waals surface area contributed by atoms with Gasteiger partial charge in [-0.2, -0.15) is 10.2 Å². The maximum Gasteiger partial charge on any atom is 0.217 e. The van der Waals surface area contributed by atoms with Crippen LogP contribution in [-0.4, -0.2) is 48.8 Å². The number of ketones is 1. The molecule has 3 aliphatic rings. The summed E-state index contributed by atoms with van der Waals surface area (Å²) in [6.07, 6.45) is 1.65. The highest BCUT2D eigenvalue weighted by Crippen LogP contribution is 2.49. The van der Waals surface area contributed by atoms with Crippen LogP contribution in [0.2, 0.25) is 0 Å². The molecule has 0 unspecified atom stereocenters. The number of azo groups is 1. The number of hydrogen-bond acceptors (Lipinski definition) is 6. The SMILES string of the molecule is CO[C@@]12OCCN(Cc3ccccc3)C1=CC(=O)[C@]1(C)N=NC[C@H]21. The first-order chi connectivity index (χ1) is 11.6. The van der Waals surface area contributed by atoms with Crippen molar-refractivity contribution in [2.45, 2.75) is 24.8 Å². The molecule has 1 aliphatic carbocycles. The first kappa shape index (κ1) is 15.5. The van der Waals surface area contributed by atoms with Gasteiger partial charge in [0.05, 0.1) is 24.8 Å². The summed E-state index contributed by atoms with van der Waals surface area (Å²) in [5, 5.41) is 8.35. The van der Waals surface area contributed by atoms with Crippen molar-refractivity contribution in [1.29, 1.82) is 0 Å². The van der Waals surface area contributed by atoms with Gasteiger partial charge in [-0.1, -0.05) is 30.3 Å². The largest absolute Gasteiger partial charge is 0.364 e. The van der Waals surface area contributed by atoms with Gasteiger partial charge in [-0.3, -0.25) is 4.79 Å². The minimum atomic E-state index is -0.959. The van der Waals surface area contributed by atoms with Gasteiger partial charge in [-0.15, -0.1) is 0 Å². The number of methoxy groups -OCH3 is 1. The highest BCUT2D eigenvalue weighted by Gasteiger charge is 2.63. The Hall–Kier alpha value is -2.05. The molecule has 4 rings (SSSR count). The Bertz CT molecular complexity index is 717. The van der Waals surface area contributed by atoms with Crippen molar-refractivity contribution in [2.24, 2.45) is 16.1 Å². The maximum absolute atomic E-state index is 12.7. The van der Waals surface area contributed by atoms with Gasteiger partial charge in [0.2, 0.25) is 5.79 Å². The average Bonchev–Trinajstić information content (AvgIpc) is 3.01. The molecule has 126 valence electrons. The topological polar surface area (TPSA) is 63.5 Å². The molecule has 0 aromatic heterocycles. The second kappa shape index (κ2) is 5.50. The highest BCUT2D eigenvalue weighted by molar-refractivity contribution is 6.00. The van der Waals surface area contributed by atoms with E-state index in [-0.39, 0.29) is 11.7 Å². The number of morpholine rings is 1. The molecule has 0 bridgehead atoms. The molecule has 1 fully saturated rings. The lowest BCUT2D eigenvalue weighted by atomic mass is 9.71. The van der Waals surface area contributed by atoms with Gasteiger partial charge in [0.1, 0.15) is 0 Å². The Kier molecular flexibility index (Phi) is 3.54. The van der Waals surface area contributed by atoms with E-state index in [9.17, 15) is 4.79 Å². The molecule has 0 amide bonds. The summed E-state index contributed by atoms with van der Waals surface area (Å²) >= 11 is 0. The minimum absolute atomic E-state index is 0.0278. The molecule has 6 nitrogen and oxygen atoms in total. The maximum atomic E-state index is 12.7. The zero-order valence-electron chi connectivity index (χ0n) is 13.9. The van der Waals surface area contributed by atoms with Gasteiger partial charge in [-0.05, 0) is 12.5 Å². The summed E-state index contributed by atoms with van der Waals surface area (Å²) in [5.41, 5.74) is 1.08. The van der Waals surface area contributed by atoms with Crippen LogP contribution in [0.5, 0.6) is 0 Å². The monoisotopic (exact) mass is 327 g/mol. The Morgan fingerprint density at radius 2 is 2.17 bits per heavy atom. The second-order valence-corrected chi connectivity index (χ2v) is 6.65. The van der Waals surface area contributed by atoms with E-state index in [1.807, 2.05) is 25.1 Å². The van der Waals surface area contributed by atoms with Crippen molar-refractivity contribution >= 4 is 5.78 Å². The number of rotatable bonds is 3. The standard InChI is InChI=1S/C18H21N3O3/c1-17-14(11-19-20-17)18(23-2)15(10-16(17)22)21(8-9-24-18)12-13-6-4-3-5-7-13/h3-7,10,14H,8-9,11-12H2,1-2H3/t14-,17+,18-/m0/s1. The van der Waals surface area contributed by atoms with Crippen molar-refractivity contribution in [1.82, 2.24) is 4.90 Å². The Balaban J connectivity index is 1.74. The predicted octanol–water partition coefficient (Wildman–Crippen LogP) is 2.17. The minimum Gasteiger partial charge on any atom is -0.364 e. The summed E-state index contributed by atoms with van der Waals surface area (Å²) in [6, 6.07) is 10.2. The molecule has 0 spiro atoms. The summed E-state index contributed by atoms with van der Waals surface area (Å²) < 4.78 is 12.0. The smallest absolute Gasteiger partial charge is 0.217 e. The molecule has 24 heavy (non-hydrogen) atoms. The lowest BCUT2D eigenvalue weighted by Gasteiger charge is -2.52. The van der Waals surface area contributed by atoms with Gasteiger partial charge in [0, 0.05) is 26.3 Å². The molecule has 1 saturated heterocycles. The highest BCUT2D eigenvalue weighted by atomic mass is 16.7. The normalized spacial score (nSPS) is 34.8. The van der Waals surface area contributed by atoms with Crippen LogP contribution in [0, 0.1) is 5.92 Å². The van der Waals surface area contributed by atoms with Crippen molar-refractivity contribution < 1.29 is 14.3 Å². The fraction of sp³-hybridized carbons (Fsp3) is 0.500. The number of fused-ring (bicyclic) bond motifs is 3. The number of nitrogens with zero attached hydrogens (tertiary/aromatic N) is 3. The van der Waals surface area contributed by atoms with Crippen LogP contribution in [0.25, 0.3) is 0 Å². The molecule has 3 atom stereocenters. The van der Waals surface area contributed by atoms with Gasteiger partial charge in [0.25, 0.3) is 0 Å². The molecule has 1 aromatic carbocycles. The zero-order valence-corrected chi connectivity index (χ0v) is 13.9. The number of hydrogen-bond donors (Lipinski definition) is 0. The molecule has 1 aromatic rings. The Labute approximate surface area is 141 Å². The Morgan fingerprint density at radius 3 is 2.92 bits per heavy atom. The number of carbonyl (C=O) groups excluding carboxylic acids is 1. The predicted molar refractivity (Wildman–Crippen MR) is 87.3 cm³/mol. The zero-order chi connectivity index (χ0) is 16.8. The van der Waals surface area contributed by atoms with Crippen LogP contribution < -0.4 is 0 Å². The van der Waals surface area contributed by atoms with Crippen molar-refractivity contribution in [2.75, 3.05) is 26.8 Å². The fourth-order valence-corrected chi connectivity index (χ4v) is 3.97. The summed E-state index contributed by atoms with van der Waals surface area (Å²) in [4.78, 5) is 14.9. The van der Waals surface area contributed by atoms with Gasteiger partial charge in [0.15, 0.2) is 11.3 Å². The van der Waals surface area contributed by atoms with E-state index in [2.05, 4.69) is 27.3 Å². The third-order valence-corrected chi connectivity index (χ3v) is 5.34. The van der Waals surface area contributed by atoms with Crippen molar-refractivity contribution in [3.05, 3.63) is 47.7 Å². The molecule has 2 aliphatic heterocycles. The molecule has 0 radical (unpaired) electrons. The molecule has 2 heterocycles. The van der Waals surface area contributed by atoms with Crippen LogP contribution in [-0.2, 0) is 20.8 Å². The third-order valence-electron chi connectivity index (χ3n) is 5.34. The lowest BCUT2D eigenvalue weighted by molar-refractivity contribution is -0.263. The Morgan fingerprint density at radius 1 is 1.38 bits per heavy atom. The average molecular weight is 327 g/mol. The molecule has 0 N–H and O–H groups in total. The van der Waals surface area contributed by atoms with E-state index in [4.69, 9.17) is 9.47 Å². The summed E-state index contributed by atoms with van der Waals surface area (Å²) in [5.74, 6) is -1.22. The fourth-order valence-electron chi connectivity index (χ4n) is 3.97. The van der Waals surface area contributed by atoms with E-state index in [1.165, 1.54) is 5.56 Å². The van der Waals surface area contributed by atoms with Gasteiger partial charge in [-0.25, -0.2) is 0 Å². The molecular formula is C18H21N3O3. The van der Waals surface area contributed by atoms with Crippen LogP contribution >= 0.6 is 0 Å². The summed E-state index contributed by atoms with van der Waals surface area (Å²) in [7, 11) is 1.63. The van der Waals surface area contributed by atoms with Gasteiger partial charge < -0.3 is 14.4 Å².